The molecular weight excluding hydrogens is 232 g/mol. The number of esters is 2. The Morgan fingerprint density at radius 3 is 2.50 bits per heavy atom. The minimum atomic E-state index is -0.406. The van der Waals surface area contributed by atoms with Crippen molar-refractivity contribution in [1.82, 2.24) is 0 Å². The van der Waals surface area contributed by atoms with Crippen molar-refractivity contribution >= 4 is 18.0 Å². The molecule has 1 aromatic rings. The molecule has 0 radical (unpaired) electrons. The van der Waals surface area contributed by atoms with Crippen LogP contribution >= 0.6 is 0 Å². The van der Waals surface area contributed by atoms with Gasteiger partial charge in [-0.15, -0.1) is 0 Å². The maximum Gasteiger partial charge on any atom is 0.308 e. The van der Waals surface area contributed by atoms with Gasteiger partial charge in [-0.2, -0.15) is 0 Å². The van der Waals surface area contributed by atoms with Crippen molar-refractivity contribution in [2.24, 2.45) is 0 Å². The maximum absolute atomic E-state index is 11.0. The van der Waals surface area contributed by atoms with Gasteiger partial charge in [0, 0.05) is 19.4 Å². The molecule has 0 aliphatic heterocycles. The molecule has 96 valence electrons. The standard InChI is InChI=1S/C14H16O4/c1-4-6-12-7-5-8-14(18-11(3)16)13(12)9-17-10(2)15/h4-8H,9H2,1-3H3. The van der Waals surface area contributed by atoms with Gasteiger partial charge < -0.3 is 9.47 Å². The van der Waals surface area contributed by atoms with E-state index in [1.165, 1.54) is 13.8 Å². The molecule has 0 spiro atoms. The van der Waals surface area contributed by atoms with Crippen LogP contribution in [0.3, 0.4) is 0 Å². The smallest absolute Gasteiger partial charge is 0.308 e. The first kappa shape index (κ1) is 14.0. The number of allylic oxidation sites excluding steroid dienone is 1. The lowest BCUT2D eigenvalue weighted by Gasteiger charge is -2.12. The third-order valence-electron chi connectivity index (χ3n) is 2.19. The molecule has 1 rings (SSSR count). The second-order valence-corrected chi connectivity index (χ2v) is 3.70. The first-order chi connectivity index (χ1) is 8.54. The van der Waals surface area contributed by atoms with E-state index in [9.17, 15) is 9.59 Å². The van der Waals surface area contributed by atoms with Crippen molar-refractivity contribution in [2.45, 2.75) is 27.4 Å². The topological polar surface area (TPSA) is 52.6 Å². The summed E-state index contributed by atoms with van der Waals surface area (Å²) >= 11 is 0. The average molecular weight is 248 g/mol. The van der Waals surface area contributed by atoms with Gasteiger partial charge in [0.1, 0.15) is 12.4 Å². The van der Waals surface area contributed by atoms with E-state index in [2.05, 4.69) is 0 Å². The second kappa shape index (κ2) is 6.59. The summed E-state index contributed by atoms with van der Waals surface area (Å²) in [6, 6.07) is 5.32. The molecular formula is C14H16O4. The third kappa shape index (κ3) is 4.05. The third-order valence-corrected chi connectivity index (χ3v) is 2.19. The van der Waals surface area contributed by atoms with E-state index < -0.39 is 5.97 Å². The van der Waals surface area contributed by atoms with Crippen LogP contribution in [-0.4, -0.2) is 11.9 Å². The second-order valence-electron chi connectivity index (χ2n) is 3.70. The zero-order valence-corrected chi connectivity index (χ0v) is 10.7. The number of carbonyl (C=O) groups excluding carboxylic acids is 2. The SMILES string of the molecule is CC=Cc1cccc(OC(C)=O)c1COC(C)=O. The van der Waals surface area contributed by atoms with Crippen molar-refractivity contribution in [2.75, 3.05) is 0 Å². The molecule has 0 heterocycles. The zero-order chi connectivity index (χ0) is 13.5. The molecule has 0 saturated carbocycles. The van der Waals surface area contributed by atoms with Crippen molar-refractivity contribution in [3.05, 3.63) is 35.4 Å². The van der Waals surface area contributed by atoms with Gasteiger partial charge in [0.05, 0.1) is 0 Å². The number of carbonyl (C=O) groups is 2. The van der Waals surface area contributed by atoms with E-state index in [4.69, 9.17) is 9.47 Å². The number of benzene rings is 1. The Bertz CT molecular complexity index is 475. The lowest BCUT2D eigenvalue weighted by atomic mass is 10.1. The zero-order valence-electron chi connectivity index (χ0n) is 10.7. The van der Waals surface area contributed by atoms with Gasteiger partial charge in [-0.1, -0.05) is 24.3 Å². The molecule has 0 saturated heterocycles. The fourth-order valence-electron chi connectivity index (χ4n) is 1.50. The fraction of sp³-hybridized carbons (Fsp3) is 0.286. The van der Waals surface area contributed by atoms with E-state index in [1.807, 2.05) is 25.1 Å². The first-order valence-corrected chi connectivity index (χ1v) is 5.61. The molecule has 0 unspecified atom stereocenters. The van der Waals surface area contributed by atoms with Crippen LogP contribution in [0.1, 0.15) is 31.9 Å². The number of hydrogen-bond donors (Lipinski definition) is 0. The molecule has 1 aromatic carbocycles. The molecule has 0 aromatic heterocycles. The molecule has 0 N–H and O–H groups in total. The van der Waals surface area contributed by atoms with Gasteiger partial charge in [0.15, 0.2) is 0 Å². The van der Waals surface area contributed by atoms with Crippen LogP contribution in [0.15, 0.2) is 24.3 Å². The number of ether oxygens (including phenoxy) is 2. The summed E-state index contributed by atoms with van der Waals surface area (Å²) < 4.78 is 10.1. The van der Waals surface area contributed by atoms with Crippen molar-refractivity contribution in [3.63, 3.8) is 0 Å². The predicted molar refractivity (Wildman–Crippen MR) is 67.9 cm³/mol. The van der Waals surface area contributed by atoms with Gasteiger partial charge >= 0.3 is 11.9 Å². The molecule has 4 heteroatoms. The van der Waals surface area contributed by atoms with E-state index in [-0.39, 0.29) is 12.6 Å². The van der Waals surface area contributed by atoms with Crippen molar-refractivity contribution < 1.29 is 19.1 Å². The Morgan fingerprint density at radius 2 is 1.94 bits per heavy atom. The van der Waals surface area contributed by atoms with Gasteiger partial charge in [-0.25, -0.2) is 0 Å². The van der Waals surface area contributed by atoms with Crippen LogP contribution in [0, 0.1) is 0 Å². The van der Waals surface area contributed by atoms with Gasteiger partial charge in [-0.3, -0.25) is 9.59 Å². The summed E-state index contributed by atoms with van der Waals surface area (Å²) in [6.45, 7) is 4.63. The minimum absolute atomic E-state index is 0.0818. The van der Waals surface area contributed by atoms with Crippen LogP contribution in [-0.2, 0) is 20.9 Å². The Hall–Kier alpha value is -2.10. The largest absolute Gasteiger partial charge is 0.461 e. The Balaban J connectivity index is 3.11. The number of rotatable bonds is 4. The maximum atomic E-state index is 11.0. The molecule has 0 aliphatic carbocycles. The van der Waals surface area contributed by atoms with Crippen LogP contribution in [0.4, 0.5) is 0 Å². The fourth-order valence-corrected chi connectivity index (χ4v) is 1.50. The van der Waals surface area contributed by atoms with Crippen LogP contribution in [0.25, 0.3) is 6.08 Å². The summed E-state index contributed by atoms with van der Waals surface area (Å²) in [6.07, 6.45) is 3.73. The monoisotopic (exact) mass is 248 g/mol. The molecule has 0 fully saturated rings. The highest BCUT2D eigenvalue weighted by Gasteiger charge is 2.11. The van der Waals surface area contributed by atoms with E-state index in [0.29, 0.717) is 11.3 Å². The summed E-state index contributed by atoms with van der Waals surface area (Å²) in [7, 11) is 0. The van der Waals surface area contributed by atoms with E-state index >= 15 is 0 Å². The summed E-state index contributed by atoms with van der Waals surface area (Å²) in [4.78, 5) is 21.9. The number of hydrogen-bond acceptors (Lipinski definition) is 4. The lowest BCUT2D eigenvalue weighted by molar-refractivity contribution is -0.142. The summed E-state index contributed by atoms with van der Waals surface area (Å²) in [5.41, 5.74) is 1.54. The van der Waals surface area contributed by atoms with Crippen LogP contribution in [0.5, 0.6) is 5.75 Å². The Labute approximate surface area is 106 Å². The van der Waals surface area contributed by atoms with Crippen molar-refractivity contribution in [1.29, 1.82) is 0 Å². The highest BCUT2D eigenvalue weighted by atomic mass is 16.5. The molecule has 0 bridgehead atoms. The van der Waals surface area contributed by atoms with Crippen LogP contribution in [0.2, 0.25) is 0 Å². The lowest BCUT2D eigenvalue weighted by Crippen LogP contribution is -2.07. The molecule has 0 amide bonds. The van der Waals surface area contributed by atoms with Gasteiger partial charge in [0.25, 0.3) is 0 Å². The molecule has 0 aliphatic rings. The molecule has 18 heavy (non-hydrogen) atoms. The van der Waals surface area contributed by atoms with Gasteiger partial charge in [0.2, 0.25) is 0 Å². The van der Waals surface area contributed by atoms with E-state index in [1.54, 1.807) is 12.1 Å². The quantitative estimate of drug-likeness (QED) is 0.607. The average Bonchev–Trinajstić information content (AvgIpc) is 2.27. The highest BCUT2D eigenvalue weighted by molar-refractivity contribution is 5.71. The van der Waals surface area contributed by atoms with Crippen molar-refractivity contribution in [3.8, 4) is 5.75 Å². The first-order valence-electron chi connectivity index (χ1n) is 5.61. The predicted octanol–water partition coefficient (Wildman–Crippen LogP) is 2.71. The summed E-state index contributed by atoms with van der Waals surface area (Å²) in [5.74, 6) is -0.366. The van der Waals surface area contributed by atoms with Gasteiger partial charge in [-0.05, 0) is 18.6 Å². The molecule has 4 nitrogen and oxygen atoms in total. The summed E-state index contributed by atoms with van der Waals surface area (Å²) in [5, 5.41) is 0. The van der Waals surface area contributed by atoms with E-state index in [0.717, 1.165) is 5.56 Å². The normalized spacial score (nSPS) is 10.4. The highest BCUT2D eigenvalue weighted by Crippen LogP contribution is 2.25. The molecule has 0 atom stereocenters. The van der Waals surface area contributed by atoms with Crippen LogP contribution < -0.4 is 4.74 Å². The minimum Gasteiger partial charge on any atom is -0.461 e. The Kier molecular flexibility index (Phi) is 5.11. The Morgan fingerprint density at radius 1 is 1.22 bits per heavy atom.